The molecule has 2 atom stereocenters. The van der Waals surface area contributed by atoms with Crippen LogP contribution in [0.3, 0.4) is 0 Å². The molecule has 0 saturated heterocycles. The lowest BCUT2D eigenvalue weighted by Gasteiger charge is -2.25. The quantitative estimate of drug-likeness (QED) is 0.502. The number of aromatic nitrogens is 4. The summed E-state index contributed by atoms with van der Waals surface area (Å²) in [5, 5.41) is 14.7. The topological polar surface area (TPSA) is 104 Å². The molecule has 0 aromatic carbocycles. The largest absolute Gasteiger partial charge is 0.393 e. The number of halogens is 3. The number of pyridine rings is 1. The molecule has 1 aliphatic carbocycles. The summed E-state index contributed by atoms with van der Waals surface area (Å²) in [7, 11) is -3.01. The number of nitrogens with one attached hydrogen (secondary N) is 1. The van der Waals surface area contributed by atoms with Gasteiger partial charge in [-0.3, -0.25) is 0 Å². The average molecular weight is 496 g/mol. The van der Waals surface area contributed by atoms with Crippen molar-refractivity contribution in [1.29, 1.82) is 4.78 Å². The van der Waals surface area contributed by atoms with Crippen molar-refractivity contribution in [1.82, 2.24) is 19.6 Å². The van der Waals surface area contributed by atoms with Crippen molar-refractivity contribution in [3.05, 3.63) is 42.1 Å². The fourth-order valence-corrected chi connectivity index (χ4v) is 5.22. The number of alkyl halides is 3. The van der Waals surface area contributed by atoms with Crippen LogP contribution in [0.1, 0.15) is 56.5 Å². The Kier molecular flexibility index (Phi) is 6.69. The minimum Gasteiger partial charge on any atom is -0.393 e. The van der Waals surface area contributed by atoms with Gasteiger partial charge in [0.2, 0.25) is 0 Å². The first-order chi connectivity index (χ1) is 15.9. The first kappa shape index (κ1) is 24.6. The Morgan fingerprint density at radius 1 is 1.24 bits per heavy atom. The minimum absolute atomic E-state index is 0.0991. The van der Waals surface area contributed by atoms with Crippen LogP contribution in [-0.4, -0.2) is 47.4 Å². The van der Waals surface area contributed by atoms with Gasteiger partial charge in [-0.25, -0.2) is 23.5 Å². The number of rotatable bonds is 6. The van der Waals surface area contributed by atoms with E-state index in [-0.39, 0.29) is 23.5 Å². The fraction of sp³-hybridized carbons (Fsp3) is 0.522. The molecular formula is C23H28F3N5O2S. The molecule has 34 heavy (non-hydrogen) atoms. The molecule has 3 aromatic heterocycles. The number of fused-ring (bicyclic) bond motifs is 1. The standard InChI is InChI=1S/C23H28F3N5O2S/c1-14(12-23(24,25)26)9-21-29-13-20-18(16-7-8-28-22(10-16)34(2,27)33)11-19(31(20)30-21)15-3-5-17(32)6-4-15/h7-8,10-11,13-15,17,27,32H,3-6,9,12H2,1-2H3/t14-,15?,17?,34+/m1/s1. The highest BCUT2D eigenvalue weighted by Crippen LogP contribution is 2.38. The van der Waals surface area contributed by atoms with Gasteiger partial charge in [0, 0.05) is 42.5 Å². The number of aliphatic hydroxyl groups is 1. The monoisotopic (exact) mass is 495 g/mol. The van der Waals surface area contributed by atoms with Crippen molar-refractivity contribution in [3.63, 3.8) is 0 Å². The van der Waals surface area contributed by atoms with Crippen molar-refractivity contribution in [2.75, 3.05) is 6.26 Å². The van der Waals surface area contributed by atoms with Gasteiger partial charge >= 0.3 is 6.18 Å². The molecule has 1 fully saturated rings. The molecule has 3 heterocycles. The lowest BCUT2D eigenvalue weighted by atomic mass is 9.85. The Morgan fingerprint density at radius 2 is 1.94 bits per heavy atom. The maximum atomic E-state index is 12.8. The highest BCUT2D eigenvalue weighted by atomic mass is 32.2. The molecule has 0 unspecified atom stereocenters. The molecule has 4 rings (SSSR count). The van der Waals surface area contributed by atoms with Crippen LogP contribution >= 0.6 is 0 Å². The molecule has 2 N–H and O–H groups in total. The Bertz CT molecular complexity index is 1280. The molecule has 0 spiro atoms. The first-order valence-corrected chi connectivity index (χ1v) is 13.2. The molecule has 0 amide bonds. The van der Waals surface area contributed by atoms with Gasteiger partial charge in [-0.1, -0.05) is 6.92 Å². The van der Waals surface area contributed by atoms with E-state index in [1.807, 2.05) is 6.07 Å². The summed E-state index contributed by atoms with van der Waals surface area (Å²) in [6.45, 7) is 1.53. The SMILES string of the molecule is C[C@H](Cc1ncc2c(-c3ccnc([S@@](C)(=N)=O)c3)cc(C3CCC(O)CC3)n2n1)CC(F)(F)F. The molecular weight excluding hydrogens is 467 g/mol. The predicted molar refractivity (Wildman–Crippen MR) is 122 cm³/mol. The number of aliphatic hydroxyl groups excluding tert-OH is 1. The van der Waals surface area contributed by atoms with E-state index in [2.05, 4.69) is 15.1 Å². The van der Waals surface area contributed by atoms with Crippen molar-refractivity contribution in [2.24, 2.45) is 5.92 Å². The summed E-state index contributed by atoms with van der Waals surface area (Å²) >= 11 is 0. The third kappa shape index (κ3) is 5.57. The van der Waals surface area contributed by atoms with Crippen molar-refractivity contribution >= 4 is 15.2 Å². The van der Waals surface area contributed by atoms with Crippen LogP contribution in [0.2, 0.25) is 0 Å². The Hall–Kier alpha value is -2.53. The van der Waals surface area contributed by atoms with Crippen LogP contribution in [0.4, 0.5) is 13.2 Å². The molecule has 1 saturated carbocycles. The molecule has 3 aromatic rings. The van der Waals surface area contributed by atoms with Gasteiger partial charge in [0.1, 0.15) is 10.9 Å². The number of nitrogens with zero attached hydrogens (tertiary/aromatic N) is 4. The van der Waals surface area contributed by atoms with Gasteiger partial charge in [0.25, 0.3) is 0 Å². The minimum atomic E-state index is -4.24. The van der Waals surface area contributed by atoms with Crippen molar-refractivity contribution in [3.8, 4) is 11.1 Å². The van der Waals surface area contributed by atoms with Gasteiger partial charge in [-0.15, -0.1) is 0 Å². The van der Waals surface area contributed by atoms with Gasteiger partial charge in [0.05, 0.1) is 27.5 Å². The van der Waals surface area contributed by atoms with Crippen LogP contribution in [0.15, 0.2) is 35.6 Å². The van der Waals surface area contributed by atoms with E-state index < -0.39 is 28.2 Å². The normalized spacial score (nSPS) is 21.9. The zero-order chi connectivity index (χ0) is 24.7. The molecule has 1 aliphatic rings. The summed E-state index contributed by atoms with van der Waals surface area (Å²) in [6.07, 6.45) is 1.95. The van der Waals surface area contributed by atoms with Crippen molar-refractivity contribution < 1.29 is 22.5 Å². The molecule has 0 radical (unpaired) electrons. The maximum Gasteiger partial charge on any atom is 0.389 e. The van der Waals surface area contributed by atoms with Gasteiger partial charge in [0.15, 0.2) is 0 Å². The van der Waals surface area contributed by atoms with Crippen LogP contribution in [0.5, 0.6) is 0 Å². The molecule has 0 aliphatic heterocycles. The van der Waals surface area contributed by atoms with E-state index in [1.165, 1.54) is 19.4 Å². The van der Waals surface area contributed by atoms with Crippen LogP contribution in [-0.2, 0) is 16.1 Å². The Labute approximate surface area is 196 Å². The van der Waals surface area contributed by atoms with E-state index in [0.717, 1.165) is 24.1 Å². The summed E-state index contributed by atoms with van der Waals surface area (Å²) in [5.74, 6) is -0.187. The Balaban J connectivity index is 1.78. The van der Waals surface area contributed by atoms with E-state index in [9.17, 15) is 22.5 Å². The van der Waals surface area contributed by atoms with E-state index >= 15 is 0 Å². The second kappa shape index (κ2) is 9.26. The number of hydrogen-bond donors (Lipinski definition) is 2. The predicted octanol–water partition coefficient (Wildman–Crippen LogP) is 4.98. The molecule has 184 valence electrons. The summed E-state index contributed by atoms with van der Waals surface area (Å²) in [4.78, 5) is 8.43. The van der Waals surface area contributed by atoms with E-state index in [1.54, 1.807) is 22.8 Å². The fourth-order valence-electron chi connectivity index (χ4n) is 4.60. The zero-order valence-corrected chi connectivity index (χ0v) is 19.9. The van der Waals surface area contributed by atoms with E-state index in [4.69, 9.17) is 4.78 Å². The van der Waals surface area contributed by atoms with Crippen LogP contribution in [0.25, 0.3) is 16.6 Å². The van der Waals surface area contributed by atoms with Crippen LogP contribution in [0, 0.1) is 10.7 Å². The third-order valence-corrected chi connectivity index (χ3v) is 7.28. The summed E-state index contributed by atoms with van der Waals surface area (Å²) < 4.78 is 60.3. The first-order valence-electron chi connectivity index (χ1n) is 11.2. The highest BCUT2D eigenvalue weighted by Gasteiger charge is 2.31. The molecule has 7 nitrogen and oxygen atoms in total. The zero-order valence-electron chi connectivity index (χ0n) is 19.0. The van der Waals surface area contributed by atoms with Gasteiger partial charge < -0.3 is 5.11 Å². The Morgan fingerprint density at radius 3 is 2.59 bits per heavy atom. The molecule has 0 bridgehead atoms. The smallest absolute Gasteiger partial charge is 0.389 e. The summed E-state index contributed by atoms with van der Waals surface area (Å²) in [5.41, 5.74) is 3.08. The average Bonchev–Trinajstić information content (AvgIpc) is 3.11. The summed E-state index contributed by atoms with van der Waals surface area (Å²) in [6, 6.07) is 5.37. The molecule has 11 heteroatoms. The lowest BCUT2D eigenvalue weighted by Crippen LogP contribution is -2.19. The third-order valence-electron chi connectivity index (χ3n) is 6.26. The number of hydrogen-bond acceptors (Lipinski definition) is 6. The highest BCUT2D eigenvalue weighted by molar-refractivity contribution is 7.91. The van der Waals surface area contributed by atoms with Gasteiger partial charge in [-0.2, -0.15) is 18.3 Å². The van der Waals surface area contributed by atoms with Gasteiger partial charge in [-0.05, 0) is 55.4 Å². The maximum absolute atomic E-state index is 12.8. The lowest BCUT2D eigenvalue weighted by molar-refractivity contribution is -0.143. The second-order valence-electron chi connectivity index (χ2n) is 9.31. The van der Waals surface area contributed by atoms with Crippen molar-refractivity contribution in [2.45, 2.75) is 68.7 Å². The van der Waals surface area contributed by atoms with Crippen LogP contribution < -0.4 is 0 Å². The second-order valence-corrected chi connectivity index (χ2v) is 11.4. The van der Waals surface area contributed by atoms with E-state index in [0.29, 0.717) is 29.7 Å².